The maximum atomic E-state index is 9.37. The van der Waals surface area contributed by atoms with Gasteiger partial charge in [0.15, 0.2) is 0 Å². The summed E-state index contributed by atoms with van der Waals surface area (Å²) in [6, 6.07) is 0. The van der Waals surface area contributed by atoms with Crippen LogP contribution in [0, 0.1) is 17.3 Å². The Morgan fingerprint density at radius 1 is 1.17 bits per heavy atom. The number of hydrogen-bond acceptors (Lipinski definition) is 2. The van der Waals surface area contributed by atoms with Crippen LogP contribution >= 0.6 is 0 Å². The van der Waals surface area contributed by atoms with Gasteiger partial charge in [-0.2, -0.15) is 0 Å². The van der Waals surface area contributed by atoms with Crippen molar-refractivity contribution in [3.05, 3.63) is 0 Å². The van der Waals surface area contributed by atoms with Gasteiger partial charge in [-0.25, -0.2) is 0 Å². The zero-order valence-corrected chi connectivity index (χ0v) is 8.92. The molecule has 0 amide bonds. The molecule has 0 aromatic heterocycles. The Bertz CT molecular complexity index is 111. The van der Waals surface area contributed by atoms with E-state index < -0.39 is 0 Å². The molecule has 0 atom stereocenters. The van der Waals surface area contributed by atoms with Gasteiger partial charge in [-0.1, -0.05) is 27.7 Å². The molecule has 0 heterocycles. The van der Waals surface area contributed by atoms with E-state index in [1.807, 2.05) is 0 Å². The molecule has 0 fully saturated rings. The highest BCUT2D eigenvalue weighted by Crippen LogP contribution is 2.35. The average molecular weight is 174 g/mol. The predicted octanol–water partition coefficient (Wildman–Crippen LogP) is 1.92. The smallest absolute Gasteiger partial charge is 0.0545 e. The van der Waals surface area contributed by atoms with E-state index in [-0.39, 0.29) is 12.0 Å². The van der Waals surface area contributed by atoms with Gasteiger partial charge < -0.3 is 9.84 Å². The van der Waals surface area contributed by atoms with Crippen molar-refractivity contribution in [1.82, 2.24) is 0 Å². The first-order valence-corrected chi connectivity index (χ1v) is 4.61. The van der Waals surface area contributed by atoms with Gasteiger partial charge in [-0.05, 0) is 11.8 Å². The molecule has 0 aliphatic carbocycles. The van der Waals surface area contributed by atoms with Crippen molar-refractivity contribution in [2.45, 2.75) is 27.7 Å². The number of ether oxygens (including phenoxy) is 1. The first kappa shape index (κ1) is 11.9. The van der Waals surface area contributed by atoms with Crippen molar-refractivity contribution < 1.29 is 9.84 Å². The summed E-state index contributed by atoms with van der Waals surface area (Å²) < 4.78 is 5.16. The average Bonchev–Trinajstić information content (AvgIpc) is 1.98. The van der Waals surface area contributed by atoms with Crippen LogP contribution in [0.2, 0.25) is 0 Å². The van der Waals surface area contributed by atoms with E-state index in [9.17, 15) is 5.11 Å². The van der Waals surface area contributed by atoms with Gasteiger partial charge in [-0.3, -0.25) is 0 Å². The second-order valence-corrected chi connectivity index (χ2v) is 4.13. The Morgan fingerprint density at radius 2 is 1.58 bits per heavy atom. The lowest BCUT2D eigenvalue weighted by Gasteiger charge is -2.39. The molecule has 0 rings (SSSR count). The van der Waals surface area contributed by atoms with Crippen molar-refractivity contribution >= 4 is 0 Å². The Balaban J connectivity index is 4.51. The Morgan fingerprint density at radius 3 is 1.67 bits per heavy atom. The zero-order valence-electron chi connectivity index (χ0n) is 8.92. The van der Waals surface area contributed by atoms with Crippen LogP contribution in [0.4, 0.5) is 0 Å². The van der Waals surface area contributed by atoms with Crippen LogP contribution in [0.3, 0.4) is 0 Å². The second kappa shape index (κ2) is 4.83. The van der Waals surface area contributed by atoms with Crippen molar-refractivity contribution in [1.29, 1.82) is 0 Å². The summed E-state index contributed by atoms with van der Waals surface area (Å²) in [5, 5.41) is 9.37. The third-order valence-corrected chi connectivity index (χ3v) is 3.01. The van der Waals surface area contributed by atoms with Crippen LogP contribution in [0.15, 0.2) is 0 Å². The van der Waals surface area contributed by atoms with Gasteiger partial charge in [0.05, 0.1) is 13.2 Å². The molecular formula is C10H22O2. The third kappa shape index (κ3) is 2.20. The molecule has 0 unspecified atom stereocenters. The molecule has 2 heteroatoms. The highest BCUT2D eigenvalue weighted by Gasteiger charge is 2.36. The molecule has 74 valence electrons. The minimum atomic E-state index is -0.0747. The molecular weight excluding hydrogens is 152 g/mol. The largest absolute Gasteiger partial charge is 0.396 e. The topological polar surface area (TPSA) is 29.5 Å². The zero-order chi connectivity index (χ0) is 9.78. The van der Waals surface area contributed by atoms with Crippen LogP contribution in [-0.2, 0) is 4.74 Å². The van der Waals surface area contributed by atoms with Crippen LogP contribution in [-0.4, -0.2) is 25.4 Å². The molecule has 0 aromatic rings. The second-order valence-electron chi connectivity index (χ2n) is 4.13. The standard InChI is InChI=1S/C10H22O2/c1-8(2)10(6-11,7-12-5)9(3)4/h8-9,11H,6-7H2,1-5H3. The molecule has 1 N–H and O–H groups in total. The van der Waals surface area contributed by atoms with Crippen molar-refractivity contribution in [3.8, 4) is 0 Å². The molecule has 0 bridgehead atoms. The molecule has 0 aliphatic heterocycles. The molecule has 0 aromatic carbocycles. The highest BCUT2D eigenvalue weighted by atomic mass is 16.5. The first-order chi connectivity index (χ1) is 5.51. The molecule has 2 nitrogen and oxygen atoms in total. The normalized spacial score (nSPS) is 13.0. The van der Waals surface area contributed by atoms with Gasteiger partial charge in [-0.15, -0.1) is 0 Å². The van der Waals surface area contributed by atoms with Gasteiger partial charge in [0, 0.05) is 12.5 Å². The fraction of sp³-hybridized carbons (Fsp3) is 1.00. The molecule has 0 aliphatic rings. The molecule has 0 spiro atoms. The molecule has 0 radical (unpaired) electrons. The van der Waals surface area contributed by atoms with Gasteiger partial charge in [0.1, 0.15) is 0 Å². The van der Waals surface area contributed by atoms with Crippen molar-refractivity contribution in [2.24, 2.45) is 17.3 Å². The summed E-state index contributed by atoms with van der Waals surface area (Å²) in [6.45, 7) is 9.38. The van der Waals surface area contributed by atoms with Crippen molar-refractivity contribution in [3.63, 3.8) is 0 Å². The van der Waals surface area contributed by atoms with E-state index >= 15 is 0 Å². The predicted molar refractivity (Wildman–Crippen MR) is 51.1 cm³/mol. The minimum Gasteiger partial charge on any atom is -0.396 e. The monoisotopic (exact) mass is 174 g/mol. The lowest BCUT2D eigenvalue weighted by atomic mass is 9.70. The van der Waals surface area contributed by atoms with E-state index in [1.165, 1.54) is 0 Å². The number of rotatable bonds is 5. The lowest BCUT2D eigenvalue weighted by Crippen LogP contribution is -2.41. The summed E-state index contributed by atoms with van der Waals surface area (Å²) in [5.41, 5.74) is -0.0747. The van der Waals surface area contributed by atoms with Crippen LogP contribution < -0.4 is 0 Å². The van der Waals surface area contributed by atoms with E-state index in [0.717, 1.165) is 0 Å². The lowest BCUT2D eigenvalue weighted by molar-refractivity contribution is -0.0378. The molecule has 0 saturated heterocycles. The molecule has 0 saturated carbocycles. The Kier molecular flexibility index (Phi) is 4.80. The van der Waals surface area contributed by atoms with E-state index in [4.69, 9.17) is 4.74 Å². The quantitative estimate of drug-likeness (QED) is 0.690. The summed E-state index contributed by atoms with van der Waals surface area (Å²) in [5.74, 6) is 0.893. The van der Waals surface area contributed by atoms with E-state index in [1.54, 1.807) is 7.11 Å². The summed E-state index contributed by atoms with van der Waals surface area (Å²) in [7, 11) is 1.69. The molecule has 12 heavy (non-hydrogen) atoms. The van der Waals surface area contributed by atoms with E-state index in [0.29, 0.717) is 18.4 Å². The number of hydrogen-bond donors (Lipinski definition) is 1. The Labute approximate surface area is 75.9 Å². The van der Waals surface area contributed by atoms with Crippen LogP contribution in [0.5, 0.6) is 0 Å². The minimum absolute atomic E-state index is 0.0747. The number of aliphatic hydroxyl groups is 1. The highest BCUT2D eigenvalue weighted by molar-refractivity contribution is 4.84. The summed E-state index contributed by atoms with van der Waals surface area (Å²) >= 11 is 0. The number of aliphatic hydroxyl groups excluding tert-OH is 1. The van der Waals surface area contributed by atoms with Crippen molar-refractivity contribution in [2.75, 3.05) is 20.3 Å². The van der Waals surface area contributed by atoms with Crippen LogP contribution in [0.25, 0.3) is 0 Å². The third-order valence-electron chi connectivity index (χ3n) is 3.01. The first-order valence-electron chi connectivity index (χ1n) is 4.61. The van der Waals surface area contributed by atoms with E-state index in [2.05, 4.69) is 27.7 Å². The van der Waals surface area contributed by atoms with Gasteiger partial charge in [0.25, 0.3) is 0 Å². The van der Waals surface area contributed by atoms with Gasteiger partial charge >= 0.3 is 0 Å². The van der Waals surface area contributed by atoms with Crippen LogP contribution in [0.1, 0.15) is 27.7 Å². The van der Waals surface area contributed by atoms with Gasteiger partial charge in [0.2, 0.25) is 0 Å². The Hall–Kier alpha value is -0.0800. The maximum Gasteiger partial charge on any atom is 0.0545 e. The summed E-state index contributed by atoms with van der Waals surface area (Å²) in [6.07, 6.45) is 0. The number of methoxy groups -OCH3 is 1. The summed E-state index contributed by atoms with van der Waals surface area (Å²) in [4.78, 5) is 0. The fourth-order valence-corrected chi connectivity index (χ4v) is 1.68. The SMILES string of the molecule is COCC(CO)(C(C)C)C(C)C. The maximum absolute atomic E-state index is 9.37. The fourth-order valence-electron chi connectivity index (χ4n) is 1.68.